The molecule has 4 heteroatoms. The summed E-state index contributed by atoms with van der Waals surface area (Å²) in [5.41, 5.74) is 7.18. The summed E-state index contributed by atoms with van der Waals surface area (Å²) in [4.78, 5) is 3.99. The van der Waals surface area contributed by atoms with Gasteiger partial charge in [0.25, 0.3) is 0 Å². The third-order valence-corrected chi connectivity index (χ3v) is 2.20. The molecule has 0 aliphatic heterocycles. The van der Waals surface area contributed by atoms with Gasteiger partial charge >= 0.3 is 0 Å². The van der Waals surface area contributed by atoms with Crippen molar-refractivity contribution in [2.75, 3.05) is 24.2 Å². The van der Waals surface area contributed by atoms with E-state index in [2.05, 4.69) is 10.3 Å². The van der Waals surface area contributed by atoms with Crippen LogP contribution in [0.25, 0.3) is 0 Å². The molecule has 0 aliphatic rings. The Hall–Kier alpha value is -2.23. The van der Waals surface area contributed by atoms with Gasteiger partial charge in [-0.2, -0.15) is 0 Å². The molecule has 0 fully saturated rings. The maximum atomic E-state index is 5.62. The molecule has 0 radical (unpaired) electrons. The number of nitrogen functional groups attached to an aromatic ring is 1. The quantitative estimate of drug-likeness (QED) is 0.771. The highest BCUT2D eigenvalue weighted by molar-refractivity contribution is 5.51. The second-order valence-corrected chi connectivity index (χ2v) is 3.60. The molecular formula is C13H15N3O. The van der Waals surface area contributed by atoms with E-state index in [0.717, 1.165) is 11.4 Å². The van der Waals surface area contributed by atoms with E-state index in [1.807, 2.05) is 36.4 Å². The van der Waals surface area contributed by atoms with Crippen LogP contribution in [0.4, 0.5) is 11.4 Å². The summed E-state index contributed by atoms with van der Waals surface area (Å²) in [6, 6.07) is 11.6. The molecule has 0 unspecified atom stereocenters. The van der Waals surface area contributed by atoms with Crippen molar-refractivity contribution in [3.63, 3.8) is 0 Å². The van der Waals surface area contributed by atoms with Crippen LogP contribution in [-0.2, 0) is 0 Å². The van der Waals surface area contributed by atoms with E-state index in [0.29, 0.717) is 18.8 Å². The molecule has 0 saturated carbocycles. The van der Waals surface area contributed by atoms with Gasteiger partial charge < -0.3 is 15.8 Å². The van der Waals surface area contributed by atoms with Gasteiger partial charge in [-0.15, -0.1) is 0 Å². The van der Waals surface area contributed by atoms with E-state index in [9.17, 15) is 0 Å². The summed E-state index contributed by atoms with van der Waals surface area (Å²) < 4.78 is 5.54. The molecule has 88 valence electrons. The summed E-state index contributed by atoms with van der Waals surface area (Å²) in [6.07, 6.45) is 3.35. The lowest BCUT2D eigenvalue weighted by molar-refractivity contribution is 0.333. The van der Waals surface area contributed by atoms with Gasteiger partial charge in [0.15, 0.2) is 0 Å². The smallest absolute Gasteiger partial charge is 0.119 e. The maximum Gasteiger partial charge on any atom is 0.119 e. The molecule has 1 aromatic carbocycles. The first-order valence-electron chi connectivity index (χ1n) is 5.47. The van der Waals surface area contributed by atoms with Gasteiger partial charge in [-0.05, 0) is 18.2 Å². The lowest BCUT2D eigenvalue weighted by Crippen LogP contribution is -2.11. The number of hydrogen-bond acceptors (Lipinski definition) is 4. The zero-order valence-corrected chi connectivity index (χ0v) is 9.47. The summed E-state index contributed by atoms with van der Waals surface area (Å²) in [6.45, 7) is 1.30. The fourth-order valence-electron chi connectivity index (χ4n) is 1.44. The molecule has 0 amide bonds. The summed E-state index contributed by atoms with van der Waals surface area (Å²) in [5.74, 6) is 0.875. The van der Waals surface area contributed by atoms with E-state index in [1.165, 1.54) is 0 Å². The van der Waals surface area contributed by atoms with Crippen molar-refractivity contribution < 1.29 is 4.74 Å². The van der Waals surface area contributed by atoms with Gasteiger partial charge in [0.05, 0.1) is 17.6 Å². The van der Waals surface area contributed by atoms with Crippen LogP contribution < -0.4 is 15.8 Å². The highest BCUT2D eigenvalue weighted by Gasteiger charge is 1.94. The Morgan fingerprint density at radius 1 is 1.18 bits per heavy atom. The standard InChI is InChI=1S/C13H15N3O/c14-11-8-12(10-15-9-11)16-6-7-17-13-4-2-1-3-5-13/h1-5,8-10,16H,6-7,14H2. The normalized spacial score (nSPS) is 9.88. The minimum Gasteiger partial charge on any atom is -0.492 e. The molecule has 2 rings (SSSR count). The number of benzene rings is 1. The third-order valence-electron chi connectivity index (χ3n) is 2.20. The van der Waals surface area contributed by atoms with Crippen molar-refractivity contribution in [2.45, 2.75) is 0 Å². The molecule has 0 spiro atoms. The lowest BCUT2D eigenvalue weighted by Gasteiger charge is -2.08. The second kappa shape index (κ2) is 5.75. The van der Waals surface area contributed by atoms with Crippen LogP contribution in [0.15, 0.2) is 48.8 Å². The minimum absolute atomic E-state index is 0.596. The molecule has 1 heterocycles. The largest absolute Gasteiger partial charge is 0.492 e. The summed E-state index contributed by atoms with van der Waals surface area (Å²) in [5, 5.41) is 3.19. The number of nitrogens with zero attached hydrogens (tertiary/aromatic N) is 1. The number of anilines is 2. The van der Waals surface area contributed by atoms with Crippen LogP contribution in [0, 0.1) is 0 Å². The highest BCUT2D eigenvalue weighted by Crippen LogP contribution is 2.10. The number of ether oxygens (including phenoxy) is 1. The average Bonchev–Trinajstić information content (AvgIpc) is 2.36. The molecule has 3 N–H and O–H groups in total. The molecule has 17 heavy (non-hydrogen) atoms. The molecule has 2 aromatic rings. The topological polar surface area (TPSA) is 60.2 Å². The monoisotopic (exact) mass is 229 g/mol. The first-order valence-corrected chi connectivity index (χ1v) is 5.47. The Bertz CT molecular complexity index is 459. The number of aromatic nitrogens is 1. The van der Waals surface area contributed by atoms with Crippen LogP contribution in [0.5, 0.6) is 5.75 Å². The van der Waals surface area contributed by atoms with E-state index >= 15 is 0 Å². The SMILES string of the molecule is Nc1cncc(NCCOc2ccccc2)c1. The Labute approximate surface area is 100 Å². The van der Waals surface area contributed by atoms with Gasteiger partial charge in [-0.25, -0.2) is 0 Å². The van der Waals surface area contributed by atoms with Gasteiger partial charge in [0, 0.05) is 12.7 Å². The Balaban J connectivity index is 1.73. The summed E-state index contributed by atoms with van der Waals surface area (Å²) >= 11 is 0. The Morgan fingerprint density at radius 2 is 2.00 bits per heavy atom. The van der Waals surface area contributed by atoms with Crippen molar-refractivity contribution >= 4 is 11.4 Å². The molecule has 4 nitrogen and oxygen atoms in total. The van der Waals surface area contributed by atoms with Crippen molar-refractivity contribution in [3.05, 3.63) is 48.8 Å². The van der Waals surface area contributed by atoms with Crippen LogP contribution in [0.2, 0.25) is 0 Å². The van der Waals surface area contributed by atoms with E-state index in [4.69, 9.17) is 10.5 Å². The first kappa shape index (κ1) is 11.3. The highest BCUT2D eigenvalue weighted by atomic mass is 16.5. The number of nitrogens with two attached hydrogens (primary N) is 1. The van der Waals surface area contributed by atoms with E-state index in [1.54, 1.807) is 12.4 Å². The second-order valence-electron chi connectivity index (χ2n) is 3.60. The minimum atomic E-state index is 0.596. The van der Waals surface area contributed by atoms with Crippen LogP contribution in [-0.4, -0.2) is 18.1 Å². The number of pyridine rings is 1. The Morgan fingerprint density at radius 3 is 2.76 bits per heavy atom. The van der Waals surface area contributed by atoms with Crippen LogP contribution in [0.3, 0.4) is 0 Å². The van der Waals surface area contributed by atoms with Crippen LogP contribution >= 0.6 is 0 Å². The molecule has 0 saturated heterocycles. The third kappa shape index (κ3) is 3.68. The van der Waals surface area contributed by atoms with Crippen molar-refractivity contribution in [1.29, 1.82) is 0 Å². The number of nitrogens with one attached hydrogen (secondary N) is 1. The van der Waals surface area contributed by atoms with Crippen molar-refractivity contribution in [2.24, 2.45) is 0 Å². The lowest BCUT2D eigenvalue weighted by atomic mass is 10.3. The van der Waals surface area contributed by atoms with Gasteiger partial charge in [0.2, 0.25) is 0 Å². The maximum absolute atomic E-state index is 5.62. The number of para-hydroxylation sites is 1. The number of rotatable bonds is 5. The van der Waals surface area contributed by atoms with Gasteiger partial charge in [0.1, 0.15) is 12.4 Å². The van der Waals surface area contributed by atoms with Crippen molar-refractivity contribution in [3.8, 4) is 5.75 Å². The molecule has 1 aromatic heterocycles. The average molecular weight is 229 g/mol. The molecule has 0 bridgehead atoms. The van der Waals surface area contributed by atoms with Crippen molar-refractivity contribution in [1.82, 2.24) is 4.98 Å². The predicted molar refractivity (Wildman–Crippen MR) is 69.1 cm³/mol. The molecule has 0 aliphatic carbocycles. The van der Waals surface area contributed by atoms with E-state index in [-0.39, 0.29) is 0 Å². The summed E-state index contributed by atoms with van der Waals surface area (Å²) in [7, 11) is 0. The zero-order valence-electron chi connectivity index (χ0n) is 9.47. The zero-order chi connectivity index (χ0) is 11.9. The predicted octanol–water partition coefficient (Wildman–Crippen LogP) is 2.15. The van der Waals surface area contributed by atoms with Gasteiger partial charge in [-0.3, -0.25) is 4.98 Å². The van der Waals surface area contributed by atoms with E-state index < -0.39 is 0 Å². The van der Waals surface area contributed by atoms with Crippen LogP contribution in [0.1, 0.15) is 0 Å². The molecule has 0 atom stereocenters. The molecular weight excluding hydrogens is 214 g/mol. The first-order chi connectivity index (χ1) is 8.34. The fourth-order valence-corrected chi connectivity index (χ4v) is 1.44. The Kier molecular flexibility index (Phi) is 3.81. The van der Waals surface area contributed by atoms with Gasteiger partial charge in [-0.1, -0.05) is 18.2 Å². The number of hydrogen-bond donors (Lipinski definition) is 2. The fraction of sp³-hybridized carbons (Fsp3) is 0.154.